The van der Waals surface area contributed by atoms with Gasteiger partial charge >= 0.3 is 0 Å². The molecule has 0 aliphatic rings. The van der Waals surface area contributed by atoms with Gasteiger partial charge in [0.25, 0.3) is 0 Å². The van der Waals surface area contributed by atoms with E-state index in [2.05, 4.69) is 165 Å². The summed E-state index contributed by atoms with van der Waals surface area (Å²) in [7, 11) is 0. The number of benzene rings is 5. The zero-order chi connectivity index (χ0) is 37.2. The molecule has 0 N–H and O–H groups in total. The van der Waals surface area contributed by atoms with Crippen molar-refractivity contribution < 1.29 is 0 Å². The molecule has 4 heteroatoms. The number of fused-ring (bicyclic) bond motifs is 11. The second kappa shape index (κ2) is 9.92. The van der Waals surface area contributed by atoms with Crippen LogP contribution in [0.1, 0.15) is 105 Å². The molecule has 4 nitrogen and oxygen atoms in total. The van der Waals surface area contributed by atoms with Crippen LogP contribution in [0.25, 0.3) is 76.2 Å². The Hall–Kier alpha value is -4.96. The Bertz CT molecular complexity index is 3130. The smallest absolute Gasteiger partial charge is 0.197 e. The quantitative estimate of drug-likeness (QED) is 0.149. The van der Waals surface area contributed by atoms with Crippen molar-refractivity contribution in [3.8, 4) is 0 Å². The summed E-state index contributed by atoms with van der Waals surface area (Å²) in [5.74, 6) is 0. The van der Waals surface area contributed by atoms with Gasteiger partial charge in [0.05, 0.1) is 33.1 Å². The summed E-state index contributed by atoms with van der Waals surface area (Å²) >= 11 is 0. The number of nitrogens with zero attached hydrogens (tertiary/aromatic N) is 2. The Morgan fingerprint density at radius 3 is 1.21 bits per heavy atom. The first-order valence-electron chi connectivity index (χ1n) is 18.7. The second-order valence-corrected chi connectivity index (χ2v) is 19.5. The van der Waals surface area contributed by atoms with E-state index in [9.17, 15) is 9.59 Å². The molecule has 0 saturated carbocycles. The summed E-state index contributed by atoms with van der Waals surface area (Å²) in [6.07, 6.45) is 0. The van der Waals surface area contributed by atoms with Crippen LogP contribution in [0.5, 0.6) is 0 Å². The number of pyridine rings is 2. The summed E-state index contributed by atoms with van der Waals surface area (Å²) < 4.78 is 4.70. The molecule has 0 unspecified atom stereocenters. The van der Waals surface area contributed by atoms with Gasteiger partial charge in [-0.2, -0.15) is 0 Å². The van der Waals surface area contributed by atoms with Crippen LogP contribution in [0.4, 0.5) is 0 Å². The van der Waals surface area contributed by atoms with E-state index >= 15 is 0 Å². The number of hydrogen-bond acceptors (Lipinski definition) is 2. The van der Waals surface area contributed by atoms with Gasteiger partial charge in [0.1, 0.15) is 0 Å². The van der Waals surface area contributed by atoms with E-state index in [-0.39, 0.29) is 32.5 Å². The number of aromatic nitrogens is 2. The summed E-state index contributed by atoms with van der Waals surface area (Å²) in [5.41, 5.74) is 10.1. The molecule has 0 bridgehead atoms. The van der Waals surface area contributed by atoms with Crippen LogP contribution >= 0.6 is 0 Å². The van der Waals surface area contributed by atoms with Crippen LogP contribution in [-0.2, 0) is 21.7 Å². The van der Waals surface area contributed by atoms with Gasteiger partial charge in [0, 0.05) is 43.1 Å². The van der Waals surface area contributed by atoms with Gasteiger partial charge in [-0.1, -0.05) is 101 Å². The molecule has 52 heavy (non-hydrogen) atoms. The van der Waals surface area contributed by atoms with E-state index in [0.717, 1.165) is 98.4 Å². The predicted molar refractivity (Wildman–Crippen MR) is 223 cm³/mol. The third-order valence-electron chi connectivity index (χ3n) is 11.8. The normalized spacial score (nSPS) is 13.9. The van der Waals surface area contributed by atoms with Gasteiger partial charge in [-0.15, -0.1) is 0 Å². The van der Waals surface area contributed by atoms with Crippen LogP contribution < -0.4 is 10.9 Å². The lowest BCUT2D eigenvalue weighted by molar-refractivity contribution is 0.590. The summed E-state index contributed by atoms with van der Waals surface area (Å²) in [5, 5.41) is 7.38. The molecule has 0 aliphatic heterocycles. The van der Waals surface area contributed by atoms with Gasteiger partial charge in [-0.25, -0.2) is 0 Å². The van der Waals surface area contributed by atoms with Crippen molar-refractivity contribution in [2.45, 2.75) is 105 Å². The molecule has 0 fully saturated rings. The van der Waals surface area contributed by atoms with Crippen molar-refractivity contribution in [2.75, 3.05) is 0 Å². The molecule has 4 heterocycles. The van der Waals surface area contributed by atoms with E-state index in [1.807, 2.05) is 0 Å². The minimum atomic E-state index is -0.184. The first-order chi connectivity index (χ1) is 24.2. The molecule has 9 rings (SSSR count). The van der Waals surface area contributed by atoms with Crippen LogP contribution in [0, 0.1) is 0 Å². The van der Waals surface area contributed by atoms with E-state index in [4.69, 9.17) is 0 Å². The highest BCUT2D eigenvalue weighted by Gasteiger charge is 2.28. The molecule has 0 saturated heterocycles. The third-order valence-corrected chi connectivity index (χ3v) is 11.8. The molecule has 0 aliphatic carbocycles. The Labute approximate surface area is 304 Å². The van der Waals surface area contributed by atoms with E-state index in [0.29, 0.717) is 0 Å². The highest BCUT2D eigenvalue weighted by atomic mass is 16.1. The number of hydrogen-bond donors (Lipinski definition) is 0. The minimum Gasteiger partial charge on any atom is -0.308 e. The molecular weight excluding hydrogens is 637 g/mol. The lowest BCUT2D eigenvalue weighted by Crippen LogP contribution is -2.15. The van der Waals surface area contributed by atoms with Crippen LogP contribution in [0.15, 0.2) is 82.4 Å². The Kier molecular flexibility index (Phi) is 6.28. The summed E-state index contributed by atoms with van der Waals surface area (Å²) in [6, 6.07) is 26.3. The van der Waals surface area contributed by atoms with Crippen molar-refractivity contribution in [2.24, 2.45) is 0 Å². The zero-order valence-electron chi connectivity index (χ0n) is 32.6. The number of rotatable bonds is 0. The Morgan fingerprint density at radius 1 is 0.346 bits per heavy atom. The van der Waals surface area contributed by atoms with Crippen molar-refractivity contribution >= 4 is 76.2 Å². The Morgan fingerprint density at radius 2 is 0.731 bits per heavy atom. The van der Waals surface area contributed by atoms with Gasteiger partial charge in [-0.3, -0.25) is 9.59 Å². The molecule has 262 valence electrons. The van der Waals surface area contributed by atoms with Crippen LogP contribution in [0.2, 0.25) is 0 Å². The van der Waals surface area contributed by atoms with Crippen molar-refractivity contribution in [1.82, 2.24) is 8.80 Å². The average Bonchev–Trinajstić information content (AvgIpc) is 3.57. The molecule has 0 amide bonds. The van der Waals surface area contributed by atoms with Gasteiger partial charge in [0.15, 0.2) is 10.9 Å². The fraction of sp³-hybridized carbons (Fsp3) is 0.333. The van der Waals surface area contributed by atoms with E-state index < -0.39 is 0 Å². The lowest BCUT2D eigenvalue weighted by Gasteiger charge is -2.21. The fourth-order valence-corrected chi connectivity index (χ4v) is 8.61. The topological polar surface area (TPSA) is 43.0 Å². The molecule has 0 atom stereocenters. The third kappa shape index (κ3) is 4.33. The maximum absolute atomic E-state index is 14.7. The standard InChI is InChI=1S/C48H48N2O2/c1-45(2,3)25-13-16-36-31(19-25)43(51)35-24-28(48(10,11)12)22-33-39-38(49(36)41(33)35)18-15-29-30-21-27(47(7,8)9)23-34-40(30)50(42(29)39)37-17-14-26(46(4,5)6)20-32(37)44(34)52/h13-24H,1-12H3. The molecule has 9 aromatic rings. The van der Waals surface area contributed by atoms with Crippen LogP contribution in [0.3, 0.4) is 0 Å². The highest BCUT2D eigenvalue weighted by molar-refractivity contribution is 6.30. The molecule has 5 aromatic carbocycles. The average molecular weight is 685 g/mol. The minimum absolute atomic E-state index is 0.0770. The first-order valence-corrected chi connectivity index (χ1v) is 18.7. The summed E-state index contributed by atoms with van der Waals surface area (Å²) in [4.78, 5) is 29.4. The second-order valence-electron chi connectivity index (χ2n) is 19.5. The molecule has 0 spiro atoms. The fourth-order valence-electron chi connectivity index (χ4n) is 8.61. The Balaban J connectivity index is 1.62. The molecule has 4 aromatic heterocycles. The largest absolute Gasteiger partial charge is 0.308 e. The first kappa shape index (κ1) is 32.9. The lowest BCUT2D eigenvalue weighted by atomic mass is 9.84. The SMILES string of the molecule is CC(C)(C)c1ccc2c(c1)c(=O)c1cc(C(C)(C)C)cc3c4c(ccc5c6cc(C(C)(C)C)cc7c(=O)c8cc(C(C)(C)C)ccc8n(c76)c54)n2c13. The van der Waals surface area contributed by atoms with Crippen molar-refractivity contribution in [3.05, 3.63) is 115 Å². The monoisotopic (exact) mass is 684 g/mol. The highest BCUT2D eigenvalue weighted by Crippen LogP contribution is 2.45. The van der Waals surface area contributed by atoms with Crippen molar-refractivity contribution in [1.29, 1.82) is 0 Å². The van der Waals surface area contributed by atoms with Gasteiger partial charge in [-0.05, 0) is 98.5 Å². The van der Waals surface area contributed by atoms with Crippen molar-refractivity contribution in [3.63, 3.8) is 0 Å². The maximum atomic E-state index is 14.7. The van der Waals surface area contributed by atoms with E-state index in [1.54, 1.807) is 0 Å². The predicted octanol–water partition coefficient (Wildman–Crippen LogP) is 11.9. The summed E-state index contributed by atoms with van der Waals surface area (Å²) in [6.45, 7) is 26.5. The molecule has 0 radical (unpaired) electrons. The van der Waals surface area contributed by atoms with E-state index in [1.165, 1.54) is 0 Å². The zero-order valence-corrected chi connectivity index (χ0v) is 32.6. The van der Waals surface area contributed by atoms with Gasteiger partial charge < -0.3 is 8.80 Å². The maximum Gasteiger partial charge on any atom is 0.197 e. The van der Waals surface area contributed by atoms with Gasteiger partial charge in [0.2, 0.25) is 0 Å². The van der Waals surface area contributed by atoms with Crippen LogP contribution in [-0.4, -0.2) is 8.80 Å². The molecular formula is C48H48N2O2.